The Morgan fingerprint density at radius 2 is 2.06 bits per heavy atom. The quantitative estimate of drug-likeness (QED) is 0.346. The van der Waals surface area contributed by atoms with Crippen LogP contribution < -0.4 is 10.9 Å². The zero-order valence-corrected chi connectivity index (χ0v) is 18.0. The smallest absolute Gasteiger partial charge is 0.276 e. The van der Waals surface area contributed by atoms with Gasteiger partial charge in [-0.05, 0) is 37.1 Å². The fourth-order valence-electron chi connectivity index (χ4n) is 3.59. The number of benzene rings is 2. The lowest BCUT2D eigenvalue weighted by Crippen LogP contribution is -2.27. The van der Waals surface area contributed by atoms with E-state index in [-0.39, 0.29) is 40.8 Å². The Morgan fingerprint density at radius 3 is 2.76 bits per heavy atom. The number of hydrazone groups is 1. The summed E-state index contributed by atoms with van der Waals surface area (Å²) >= 11 is 0. The third-order valence-electron chi connectivity index (χ3n) is 5.37. The molecular weight excluding hydrogens is 449 g/mol. The molecule has 2 aromatic carbocycles. The molecule has 33 heavy (non-hydrogen) atoms. The fourth-order valence-corrected chi connectivity index (χ4v) is 3.59. The fraction of sp³-hybridized carbons (Fsp3) is 0.130. The maximum absolute atomic E-state index is 14.8. The first-order chi connectivity index (χ1) is 15.5. The molecule has 4 aromatic rings. The summed E-state index contributed by atoms with van der Waals surface area (Å²) in [6.07, 6.45) is 9.24. The number of carbonyl (C=O) groups is 1. The molecule has 0 bridgehead atoms. The number of pyridine rings is 1. The van der Waals surface area contributed by atoms with E-state index in [2.05, 4.69) is 15.5 Å². The number of halogens is 2. The number of imidazole rings is 1. The molecule has 2 heterocycles. The highest BCUT2D eigenvalue weighted by molar-refractivity contribution is 5.98. The molecule has 10 heteroatoms. The monoisotopic (exact) mass is 467 g/mol. The Hall–Kier alpha value is -3.98. The lowest BCUT2D eigenvalue weighted by molar-refractivity contribution is 0.0953. The number of para-hydroxylation sites is 1. The molecule has 0 spiro atoms. The van der Waals surface area contributed by atoms with Gasteiger partial charge >= 0.3 is 0 Å². The Labute approximate surface area is 193 Å². The first-order valence-electron chi connectivity index (χ1n) is 10.0. The minimum atomic E-state index is -0.711. The van der Waals surface area contributed by atoms with Gasteiger partial charge in [0.2, 0.25) is 5.43 Å². The number of nitrogens with zero attached hydrogens (tertiary/aromatic N) is 4. The van der Waals surface area contributed by atoms with Crippen LogP contribution in [0, 0.1) is 5.82 Å². The van der Waals surface area contributed by atoms with Crippen molar-refractivity contribution in [3.63, 3.8) is 0 Å². The number of phenols is 1. The number of carbonyl (C=O) groups excluding carboxylic acids is 1. The van der Waals surface area contributed by atoms with Gasteiger partial charge in [-0.2, -0.15) is 5.10 Å². The third kappa shape index (κ3) is 4.22. The Kier molecular flexibility index (Phi) is 5.97. The normalized spacial score (nSPS) is 13.2. The molecule has 0 saturated heterocycles. The molecule has 0 radical (unpaired) electrons. The molecular formula is C23H19ClFN5O3. The second kappa shape index (κ2) is 8.87. The number of hydrogen-bond donors (Lipinski definition) is 2. The highest BCUT2D eigenvalue weighted by Gasteiger charge is 2.27. The molecule has 1 saturated carbocycles. The van der Waals surface area contributed by atoms with Crippen LogP contribution >= 0.6 is 12.4 Å². The molecule has 168 valence electrons. The average Bonchev–Trinajstić information content (AvgIpc) is 3.48. The van der Waals surface area contributed by atoms with Crippen molar-refractivity contribution in [2.24, 2.45) is 5.10 Å². The molecule has 0 atom stereocenters. The molecule has 0 unspecified atom stereocenters. The van der Waals surface area contributed by atoms with Crippen LogP contribution in [0.2, 0.25) is 0 Å². The second-order valence-corrected chi connectivity index (χ2v) is 7.56. The number of phenolic OH excluding ortho intramolecular Hbond substituents is 1. The van der Waals surface area contributed by atoms with Crippen LogP contribution in [0.4, 0.5) is 4.39 Å². The number of rotatable bonds is 5. The van der Waals surface area contributed by atoms with Gasteiger partial charge in [-0.3, -0.25) is 9.59 Å². The second-order valence-electron chi connectivity index (χ2n) is 7.56. The van der Waals surface area contributed by atoms with E-state index in [9.17, 15) is 19.1 Å². The van der Waals surface area contributed by atoms with Crippen LogP contribution in [0.1, 0.15) is 34.8 Å². The molecule has 1 fully saturated rings. The topological polar surface area (TPSA) is 102 Å². The van der Waals surface area contributed by atoms with Crippen molar-refractivity contribution in [1.82, 2.24) is 19.5 Å². The van der Waals surface area contributed by atoms with Crippen molar-refractivity contribution in [1.29, 1.82) is 0 Å². The van der Waals surface area contributed by atoms with Gasteiger partial charge in [0.15, 0.2) is 0 Å². The first-order valence-corrected chi connectivity index (χ1v) is 10.0. The number of nitrogens with one attached hydrogen (secondary N) is 1. The summed E-state index contributed by atoms with van der Waals surface area (Å²) in [5.41, 5.74) is 2.84. The van der Waals surface area contributed by atoms with Gasteiger partial charge in [0, 0.05) is 35.6 Å². The van der Waals surface area contributed by atoms with Crippen LogP contribution in [0.15, 0.2) is 71.2 Å². The van der Waals surface area contributed by atoms with Gasteiger partial charge in [-0.15, -0.1) is 12.4 Å². The number of fused-ring (bicyclic) bond motifs is 1. The number of aromatic hydroxyl groups is 1. The summed E-state index contributed by atoms with van der Waals surface area (Å²) < 4.78 is 18.2. The highest BCUT2D eigenvalue weighted by atomic mass is 35.5. The van der Waals surface area contributed by atoms with Crippen molar-refractivity contribution in [2.45, 2.75) is 18.9 Å². The highest BCUT2D eigenvalue weighted by Crippen LogP contribution is 2.37. The Bertz CT molecular complexity index is 1430. The van der Waals surface area contributed by atoms with Crippen molar-refractivity contribution in [3.8, 4) is 11.4 Å². The van der Waals surface area contributed by atoms with E-state index in [0.29, 0.717) is 11.1 Å². The summed E-state index contributed by atoms with van der Waals surface area (Å²) in [5, 5.41) is 13.7. The molecule has 5 rings (SSSR count). The van der Waals surface area contributed by atoms with E-state index in [0.717, 1.165) is 18.9 Å². The van der Waals surface area contributed by atoms with Crippen molar-refractivity contribution in [3.05, 3.63) is 88.5 Å². The maximum atomic E-state index is 14.8. The Balaban J connectivity index is 0.00000259. The molecule has 2 N–H and O–H groups in total. The van der Waals surface area contributed by atoms with Gasteiger partial charge in [0.25, 0.3) is 5.91 Å². The van der Waals surface area contributed by atoms with Crippen LogP contribution in [-0.4, -0.2) is 31.3 Å². The van der Waals surface area contributed by atoms with E-state index in [1.807, 2.05) is 4.57 Å². The van der Waals surface area contributed by atoms with Crippen LogP contribution in [-0.2, 0) is 0 Å². The minimum Gasteiger partial charge on any atom is -0.507 e. The molecule has 1 aliphatic carbocycles. The third-order valence-corrected chi connectivity index (χ3v) is 5.37. The standard InChI is InChI=1S/C23H18FN5O3.ClH/c24-18-9-16-19(10-20(18)28-8-7-25-13-28)29(15-5-6-15)12-17(22(16)31)23(32)27-26-11-14-3-1-2-4-21(14)30;/h1-4,7-13,15,30H,5-6H2,(H,27,32);1H/b26-11-;. The van der Waals surface area contributed by atoms with Gasteiger partial charge in [0.05, 0.1) is 23.7 Å². The lowest BCUT2D eigenvalue weighted by atomic mass is 10.1. The molecule has 8 nitrogen and oxygen atoms in total. The predicted molar refractivity (Wildman–Crippen MR) is 124 cm³/mol. The van der Waals surface area contributed by atoms with Crippen molar-refractivity contribution >= 4 is 35.4 Å². The summed E-state index contributed by atoms with van der Waals surface area (Å²) in [6, 6.07) is 9.40. The summed E-state index contributed by atoms with van der Waals surface area (Å²) in [7, 11) is 0. The molecule has 2 aromatic heterocycles. The minimum absolute atomic E-state index is 0. The van der Waals surface area contributed by atoms with E-state index < -0.39 is 17.2 Å². The van der Waals surface area contributed by atoms with Gasteiger partial charge in [-0.25, -0.2) is 14.8 Å². The molecule has 0 aliphatic heterocycles. The van der Waals surface area contributed by atoms with Gasteiger partial charge < -0.3 is 14.2 Å². The van der Waals surface area contributed by atoms with Crippen LogP contribution in [0.25, 0.3) is 16.6 Å². The summed E-state index contributed by atoms with van der Waals surface area (Å²) in [5.74, 6) is -1.29. The van der Waals surface area contributed by atoms with E-state index in [1.165, 1.54) is 29.4 Å². The maximum Gasteiger partial charge on any atom is 0.276 e. The van der Waals surface area contributed by atoms with E-state index in [4.69, 9.17) is 0 Å². The average molecular weight is 468 g/mol. The lowest BCUT2D eigenvalue weighted by Gasteiger charge is -2.14. The summed E-state index contributed by atoms with van der Waals surface area (Å²) in [6.45, 7) is 0. The zero-order chi connectivity index (χ0) is 22.2. The van der Waals surface area contributed by atoms with E-state index >= 15 is 0 Å². The molecule has 1 aliphatic rings. The first kappa shape index (κ1) is 22.2. The van der Waals surface area contributed by atoms with Crippen molar-refractivity contribution in [2.75, 3.05) is 0 Å². The Morgan fingerprint density at radius 1 is 1.27 bits per heavy atom. The SMILES string of the molecule is Cl.O=C(N/N=C\c1ccccc1O)c1cn(C2CC2)c2cc(-n3ccnc3)c(F)cc2c1=O. The largest absolute Gasteiger partial charge is 0.507 e. The van der Waals surface area contributed by atoms with Gasteiger partial charge in [0.1, 0.15) is 17.1 Å². The van der Waals surface area contributed by atoms with Crippen LogP contribution in [0.5, 0.6) is 5.75 Å². The van der Waals surface area contributed by atoms with Crippen molar-refractivity contribution < 1.29 is 14.3 Å². The predicted octanol–water partition coefficient (Wildman–Crippen LogP) is 3.55. The molecule has 1 amide bonds. The van der Waals surface area contributed by atoms with E-state index in [1.54, 1.807) is 36.7 Å². The number of aromatic nitrogens is 3. The summed E-state index contributed by atoms with van der Waals surface area (Å²) in [4.78, 5) is 29.7. The van der Waals surface area contributed by atoms with Gasteiger partial charge in [-0.1, -0.05) is 12.1 Å². The number of hydrogen-bond acceptors (Lipinski definition) is 5. The zero-order valence-electron chi connectivity index (χ0n) is 17.2. The van der Waals surface area contributed by atoms with Crippen LogP contribution in [0.3, 0.4) is 0 Å². The number of amides is 1.